The number of aromatic nitrogens is 1. The third-order valence-electron chi connectivity index (χ3n) is 3.49. The van der Waals surface area contributed by atoms with Crippen LogP contribution in [0.15, 0.2) is 34.8 Å². The Morgan fingerprint density at radius 2 is 2.04 bits per heavy atom. The van der Waals surface area contributed by atoms with Gasteiger partial charge in [0.25, 0.3) is 0 Å². The Hall–Kier alpha value is -2.45. The summed E-state index contributed by atoms with van der Waals surface area (Å²) in [7, 11) is 2.52. The highest BCUT2D eigenvalue weighted by atomic mass is 32.1. The van der Waals surface area contributed by atoms with Crippen molar-refractivity contribution in [3.8, 4) is 0 Å². The maximum absolute atomic E-state index is 12.2. The molecule has 0 bridgehead atoms. The maximum Gasteiger partial charge on any atom is 0.355 e. The van der Waals surface area contributed by atoms with Crippen molar-refractivity contribution in [3.05, 3.63) is 34.8 Å². The van der Waals surface area contributed by atoms with Gasteiger partial charge in [-0.05, 0) is 29.7 Å². The number of nitrogens with zero attached hydrogens (tertiary/aromatic N) is 2. The highest BCUT2D eigenvalue weighted by molar-refractivity contribution is 7.04. The number of benzene rings is 1. The topological polar surface area (TPSA) is 78.0 Å². The van der Waals surface area contributed by atoms with E-state index in [1.54, 1.807) is 4.90 Å². The summed E-state index contributed by atoms with van der Waals surface area (Å²) in [5.74, 6) is -1.24. The number of hydrogen-bond donors (Lipinski definition) is 0. The number of ether oxygens (including phenoxy) is 3. The fraction of sp³-hybridized carbons (Fsp3) is 0.267. The lowest BCUT2D eigenvalue weighted by Crippen LogP contribution is -2.38. The molecule has 0 spiro atoms. The minimum Gasteiger partial charge on any atom is -0.466 e. The number of anilines is 1. The van der Waals surface area contributed by atoms with E-state index in [1.165, 1.54) is 25.8 Å². The van der Waals surface area contributed by atoms with E-state index < -0.39 is 11.9 Å². The summed E-state index contributed by atoms with van der Waals surface area (Å²) in [6.07, 6.45) is 0. The Balaban J connectivity index is 2.11. The lowest BCUT2D eigenvalue weighted by molar-refractivity contribution is -0.140. The van der Waals surface area contributed by atoms with E-state index >= 15 is 0 Å². The van der Waals surface area contributed by atoms with Crippen LogP contribution in [0.2, 0.25) is 0 Å². The molecule has 8 heteroatoms. The van der Waals surface area contributed by atoms with Crippen molar-refractivity contribution in [2.75, 3.05) is 32.5 Å². The molecule has 0 saturated heterocycles. The van der Waals surface area contributed by atoms with E-state index in [1.807, 2.05) is 23.6 Å². The molecule has 1 aromatic carbocycles. The van der Waals surface area contributed by atoms with Crippen molar-refractivity contribution in [3.63, 3.8) is 0 Å². The summed E-state index contributed by atoms with van der Waals surface area (Å²) in [5, 5.41) is 2.94. The van der Waals surface area contributed by atoms with E-state index in [4.69, 9.17) is 14.2 Å². The number of fused-ring (bicyclic) bond motifs is 1. The number of rotatable bonds is 3. The molecule has 0 fully saturated rings. The molecule has 0 unspecified atom stereocenters. The minimum absolute atomic E-state index is 0.00739. The molecular formula is C15H14N2O5S. The van der Waals surface area contributed by atoms with E-state index in [2.05, 4.69) is 4.37 Å². The van der Waals surface area contributed by atoms with Crippen LogP contribution in [0.3, 0.4) is 0 Å². The highest BCUT2D eigenvalue weighted by Crippen LogP contribution is 2.29. The minimum atomic E-state index is -0.621. The van der Waals surface area contributed by atoms with Gasteiger partial charge in [0.1, 0.15) is 12.4 Å². The Labute approximate surface area is 136 Å². The van der Waals surface area contributed by atoms with Gasteiger partial charge in [-0.15, -0.1) is 0 Å². The zero-order chi connectivity index (χ0) is 16.4. The molecular weight excluding hydrogens is 320 g/mol. The first-order valence-electron chi connectivity index (χ1n) is 6.75. The summed E-state index contributed by atoms with van der Waals surface area (Å²) < 4.78 is 19.3. The average Bonchev–Trinajstić information content (AvgIpc) is 3.07. The van der Waals surface area contributed by atoms with Gasteiger partial charge in [-0.1, -0.05) is 0 Å². The first-order chi connectivity index (χ1) is 11.2. The van der Waals surface area contributed by atoms with Crippen LogP contribution in [0.1, 0.15) is 0 Å². The largest absolute Gasteiger partial charge is 0.466 e. The van der Waals surface area contributed by atoms with Crippen LogP contribution in [0.5, 0.6) is 0 Å². The predicted octanol–water partition coefficient (Wildman–Crippen LogP) is 1.69. The van der Waals surface area contributed by atoms with Gasteiger partial charge in [0.05, 0.1) is 31.9 Å². The third kappa shape index (κ3) is 2.78. The molecule has 120 valence electrons. The fourth-order valence-electron chi connectivity index (χ4n) is 2.37. The highest BCUT2D eigenvalue weighted by Gasteiger charge is 2.32. The van der Waals surface area contributed by atoms with Gasteiger partial charge in [-0.25, -0.2) is 9.59 Å². The van der Waals surface area contributed by atoms with Gasteiger partial charge in [0, 0.05) is 16.5 Å². The van der Waals surface area contributed by atoms with Crippen LogP contribution in [-0.2, 0) is 23.8 Å². The van der Waals surface area contributed by atoms with Crippen LogP contribution < -0.4 is 4.90 Å². The van der Waals surface area contributed by atoms with Gasteiger partial charge in [0.2, 0.25) is 0 Å². The second-order valence-electron chi connectivity index (χ2n) is 4.77. The van der Waals surface area contributed by atoms with Crippen LogP contribution >= 0.6 is 11.5 Å². The Bertz CT molecular complexity index is 798. The molecule has 3 rings (SSSR count). The summed E-state index contributed by atoms with van der Waals surface area (Å²) in [6.45, 7) is 0.118. The fourth-order valence-corrected chi connectivity index (χ4v) is 3.00. The molecule has 23 heavy (non-hydrogen) atoms. The van der Waals surface area contributed by atoms with Crippen LogP contribution in [0.4, 0.5) is 5.69 Å². The van der Waals surface area contributed by atoms with Crippen molar-refractivity contribution in [1.82, 2.24) is 4.37 Å². The summed E-state index contributed by atoms with van der Waals surface area (Å²) in [6, 6.07) is 5.57. The normalized spacial score (nSPS) is 15.0. The number of methoxy groups -OCH3 is 2. The molecule has 1 aliphatic heterocycles. The van der Waals surface area contributed by atoms with Crippen molar-refractivity contribution >= 4 is 40.1 Å². The number of esters is 2. The quantitative estimate of drug-likeness (QED) is 0.790. The molecule has 1 aliphatic rings. The van der Waals surface area contributed by atoms with Crippen LogP contribution in [0, 0.1) is 0 Å². The maximum atomic E-state index is 12.2. The summed E-state index contributed by atoms with van der Waals surface area (Å²) in [5.41, 5.74) is 1.75. The molecule has 0 N–H and O–H groups in total. The smallest absolute Gasteiger partial charge is 0.355 e. The first-order valence-corrected chi connectivity index (χ1v) is 7.58. The van der Waals surface area contributed by atoms with Gasteiger partial charge in [-0.2, -0.15) is 4.37 Å². The number of carbonyl (C=O) groups excluding carboxylic acids is 2. The number of carbonyl (C=O) groups is 2. The summed E-state index contributed by atoms with van der Waals surface area (Å²) in [4.78, 5) is 25.7. The lowest BCUT2D eigenvalue weighted by Gasteiger charge is -2.31. The van der Waals surface area contributed by atoms with E-state index in [9.17, 15) is 9.59 Å². The standard InChI is InChI=1S/C15H14N2O5S/c1-20-14(18)11-6-22-8-17(13(11)15(19)21-2)10-4-3-9-7-23-16-12(9)5-10/h3-5,7H,6,8H2,1-2H3. The molecule has 7 nitrogen and oxygen atoms in total. The SMILES string of the molecule is COC(=O)C1=C(C(=O)OC)N(c2ccc3csnc3c2)COC1. The van der Waals surface area contributed by atoms with Crippen molar-refractivity contribution in [2.45, 2.75) is 0 Å². The molecule has 0 atom stereocenters. The predicted molar refractivity (Wildman–Crippen MR) is 84.0 cm³/mol. The monoisotopic (exact) mass is 334 g/mol. The van der Waals surface area contributed by atoms with Gasteiger partial charge in [-0.3, -0.25) is 0 Å². The zero-order valence-electron chi connectivity index (χ0n) is 12.6. The second-order valence-corrected chi connectivity index (χ2v) is 5.40. The molecule has 1 aromatic heterocycles. The van der Waals surface area contributed by atoms with E-state index in [0.717, 1.165) is 10.9 Å². The third-order valence-corrected chi connectivity index (χ3v) is 4.15. The van der Waals surface area contributed by atoms with Crippen molar-refractivity contribution in [1.29, 1.82) is 0 Å². The van der Waals surface area contributed by atoms with Crippen LogP contribution in [0.25, 0.3) is 10.9 Å². The Morgan fingerprint density at radius 1 is 1.26 bits per heavy atom. The van der Waals surface area contributed by atoms with Gasteiger partial charge in [0.15, 0.2) is 0 Å². The van der Waals surface area contributed by atoms with Crippen LogP contribution in [-0.4, -0.2) is 43.9 Å². The molecule has 0 aliphatic carbocycles. The zero-order valence-corrected chi connectivity index (χ0v) is 13.4. The molecule has 0 radical (unpaired) electrons. The van der Waals surface area contributed by atoms with E-state index in [-0.39, 0.29) is 24.6 Å². The number of hydrogen-bond acceptors (Lipinski definition) is 8. The van der Waals surface area contributed by atoms with Crippen molar-refractivity contribution in [2.24, 2.45) is 0 Å². The molecule has 2 aromatic rings. The Morgan fingerprint density at radius 3 is 2.78 bits per heavy atom. The second kappa shape index (κ2) is 6.35. The molecule has 0 amide bonds. The molecule has 2 heterocycles. The van der Waals surface area contributed by atoms with Gasteiger partial charge < -0.3 is 19.1 Å². The average molecular weight is 334 g/mol. The van der Waals surface area contributed by atoms with Gasteiger partial charge >= 0.3 is 11.9 Å². The lowest BCUT2D eigenvalue weighted by atomic mass is 10.1. The molecule has 0 saturated carbocycles. The summed E-state index contributed by atoms with van der Waals surface area (Å²) >= 11 is 1.35. The Kier molecular flexibility index (Phi) is 4.26. The van der Waals surface area contributed by atoms with Crippen molar-refractivity contribution < 1.29 is 23.8 Å². The van der Waals surface area contributed by atoms with E-state index in [0.29, 0.717) is 5.69 Å². The first kappa shape index (κ1) is 15.4.